The van der Waals surface area contributed by atoms with Gasteiger partial charge in [-0.3, -0.25) is 9.59 Å². The number of hydrogen-bond donors (Lipinski definition) is 1. The molecule has 0 aromatic carbocycles. The molecule has 0 saturated carbocycles. The number of carbonyl (C=O) groups is 3. The summed E-state index contributed by atoms with van der Waals surface area (Å²) in [5.41, 5.74) is 0. The zero-order chi connectivity index (χ0) is 12.4. The van der Waals surface area contributed by atoms with Crippen LogP contribution in [0.25, 0.3) is 0 Å². The predicted molar refractivity (Wildman–Crippen MR) is 55.8 cm³/mol. The van der Waals surface area contributed by atoms with Crippen molar-refractivity contribution < 1.29 is 23.9 Å². The van der Waals surface area contributed by atoms with Crippen LogP contribution in [-0.4, -0.2) is 44.5 Å². The van der Waals surface area contributed by atoms with Gasteiger partial charge in [0.2, 0.25) is 0 Å². The highest BCUT2D eigenvalue weighted by Crippen LogP contribution is 1.93. The van der Waals surface area contributed by atoms with Gasteiger partial charge >= 0.3 is 11.9 Å². The van der Waals surface area contributed by atoms with Crippen LogP contribution in [0.4, 0.5) is 0 Å². The quantitative estimate of drug-likeness (QED) is 0.454. The van der Waals surface area contributed by atoms with E-state index in [1.54, 1.807) is 7.05 Å². The summed E-state index contributed by atoms with van der Waals surface area (Å²) in [7, 11) is 1.63. The molecule has 0 rings (SSSR count). The molecular formula is C10H17NO5. The van der Waals surface area contributed by atoms with Crippen LogP contribution in [0.2, 0.25) is 0 Å². The third-order valence-corrected chi connectivity index (χ3v) is 1.61. The summed E-state index contributed by atoms with van der Waals surface area (Å²) in [5, 5.41) is 2.63. The molecule has 6 nitrogen and oxygen atoms in total. The van der Waals surface area contributed by atoms with Gasteiger partial charge in [-0.1, -0.05) is 0 Å². The van der Waals surface area contributed by atoms with E-state index in [-0.39, 0.29) is 38.4 Å². The molecule has 0 spiro atoms. The molecule has 0 aliphatic rings. The first-order chi connectivity index (χ1) is 7.56. The zero-order valence-electron chi connectivity index (χ0n) is 9.58. The number of likely N-dealkylation sites (N-methyl/N-ethyl adjacent to an activating group) is 1. The van der Waals surface area contributed by atoms with Crippen LogP contribution in [0.5, 0.6) is 0 Å². The van der Waals surface area contributed by atoms with Crippen molar-refractivity contribution in [3.63, 3.8) is 0 Å². The molecule has 1 N–H and O–H groups in total. The van der Waals surface area contributed by atoms with Crippen LogP contribution < -0.4 is 5.32 Å². The van der Waals surface area contributed by atoms with Gasteiger partial charge in [0.15, 0.2) is 0 Å². The molecule has 0 aliphatic carbocycles. The summed E-state index contributed by atoms with van der Waals surface area (Å²) in [6.45, 7) is 1.59. The van der Waals surface area contributed by atoms with Crippen molar-refractivity contribution in [2.45, 2.75) is 19.8 Å². The predicted octanol–water partition coefficient (Wildman–Crippen LogP) is -0.339. The molecule has 0 aromatic rings. The monoisotopic (exact) mass is 231 g/mol. The summed E-state index contributed by atoms with van der Waals surface area (Å²) in [4.78, 5) is 32.4. The van der Waals surface area contributed by atoms with Crippen LogP contribution in [-0.2, 0) is 23.9 Å². The molecule has 6 heteroatoms. The van der Waals surface area contributed by atoms with Gasteiger partial charge in [0.25, 0.3) is 0 Å². The number of carbonyl (C=O) groups excluding carboxylic acids is 3. The fourth-order valence-corrected chi connectivity index (χ4v) is 0.857. The lowest BCUT2D eigenvalue weighted by molar-refractivity contribution is -0.151. The van der Waals surface area contributed by atoms with E-state index in [1.807, 2.05) is 0 Å². The molecule has 16 heavy (non-hydrogen) atoms. The first-order valence-electron chi connectivity index (χ1n) is 5.01. The van der Waals surface area contributed by atoms with Crippen molar-refractivity contribution in [3.8, 4) is 0 Å². The van der Waals surface area contributed by atoms with Crippen molar-refractivity contribution in [2.24, 2.45) is 0 Å². The molecule has 0 radical (unpaired) electrons. The number of Topliss-reactive ketones (excluding diaryl/α,β-unsaturated/α-hetero) is 1. The number of esters is 2. The summed E-state index contributed by atoms with van der Waals surface area (Å²) < 4.78 is 9.45. The third-order valence-electron chi connectivity index (χ3n) is 1.61. The summed E-state index contributed by atoms with van der Waals surface area (Å²) in [5.74, 6) is -0.917. The highest BCUT2D eigenvalue weighted by atomic mass is 16.6. The Morgan fingerprint density at radius 2 is 1.56 bits per heavy atom. The Kier molecular flexibility index (Phi) is 8.05. The minimum absolute atomic E-state index is 0.0200. The average Bonchev–Trinajstić information content (AvgIpc) is 2.22. The summed E-state index contributed by atoms with van der Waals surface area (Å²) >= 11 is 0. The second-order valence-electron chi connectivity index (χ2n) is 3.17. The first kappa shape index (κ1) is 14.6. The molecule has 92 valence electrons. The largest absolute Gasteiger partial charge is 0.462 e. The van der Waals surface area contributed by atoms with Gasteiger partial charge in [-0.25, -0.2) is 0 Å². The second-order valence-corrected chi connectivity index (χ2v) is 3.17. The molecule has 0 unspecified atom stereocenters. The lowest BCUT2D eigenvalue weighted by atomic mass is 10.2. The molecular weight excluding hydrogens is 214 g/mol. The van der Waals surface area contributed by atoms with Crippen molar-refractivity contribution >= 4 is 17.7 Å². The molecule has 0 aromatic heterocycles. The van der Waals surface area contributed by atoms with Gasteiger partial charge in [0.1, 0.15) is 19.0 Å². The van der Waals surface area contributed by atoms with E-state index in [2.05, 4.69) is 5.32 Å². The molecule has 0 heterocycles. The van der Waals surface area contributed by atoms with E-state index in [1.165, 1.54) is 6.92 Å². The highest BCUT2D eigenvalue weighted by Gasteiger charge is 2.05. The van der Waals surface area contributed by atoms with Crippen molar-refractivity contribution in [1.29, 1.82) is 0 Å². The second kappa shape index (κ2) is 8.84. The SMILES string of the molecule is CNCC(=O)OCCOC(=O)CCC(C)=O. The molecule has 0 amide bonds. The van der Waals surface area contributed by atoms with Gasteiger partial charge in [-0.2, -0.15) is 0 Å². The maximum atomic E-state index is 11.0. The molecule has 0 saturated heterocycles. The molecule has 0 aliphatic heterocycles. The normalized spacial score (nSPS) is 9.62. The Morgan fingerprint density at radius 1 is 1.00 bits per heavy atom. The molecule has 0 atom stereocenters. The summed E-state index contributed by atoms with van der Waals surface area (Å²) in [6, 6.07) is 0. The van der Waals surface area contributed by atoms with Crippen molar-refractivity contribution in [1.82, 2.24) is 5.32 Å². The number of ether oxygens (including phenoxy) is 2. The number of ketones is 1. The van der Waals surface area contributed by atoms with E-state index in [0.29, 0.717) is 0 Å². The van der Waals surface area contributed by atoms with Crippen LogP contribution in [0, 0.1) is 0 Å². The smallest absolute Gasteiger partial charge is 0.320 e. The fourth-order valence-electron chi connectivity index (χ4n) is 0.857. The van der Waals surface area contributed by atoms with Crippen LogP contribution in [0.1, 0.15) is 19.8 Å². The van der Waals surface area contributed by atoms with Crippen LogP contribution in [0.3, 0.4) is 0 Å². The Labute approximate surface area is 94.3 Å². The van der Waals surface area contributed by atoms with Gasteiger partial charge < -0.3 is 19.6 Å². The van der Waals surface area contributed by atoms with Crippen molar-refractivity contribution in [3.05, 3.63) is 0 Å². The Balaban J connectivity index is 3.40. The van der Waals surface area contributed by atoms with E-state index in [0.717, 1.165) is 0 Å². The van der Waals surface area contributed by atoms with E-state index in [4.69, 9.17) is 9.47 Å². The Hall–Kier alpha value is -1.43. The lowest BCUT2D eigenvalue weighted by Gasteiger charge is -2.05. The average molecular weight is 231 g/mol. The van der Waals surface area contributed by atoms with Gasteiger partial charge in [-0.15, -0.1) is 0 Å². The van der Waals surface area contributed by atoms with Gasteiger partial charge in [-0.05, 0) is 14.0 Å². The minimum atomic E-state index is -0.458. The zero-order valence-corrected chi connectivity index (χ0v) is 9.58. The van der Waals surface area contributed by atoms with Gasteiger partial charge in [0, 0.05) is 6.42 Å². The number of hydrogen-bond acceptors (Lipinski definition) is 6. The maximum absolute atomic E-state index is 11.0. The first-order valence-corrected chi connectivity index (χ1v) is 5.01. The third kappa shape index (κ3) is 9.14. The summed E-state index contributed by atoms with van der Waals surface area (Å²) in [6.07, 6.45) is 0.248. The van der Waals surface area contributed by atoms with Gasteiger partial charge in [0.05, 0.1) is 13.0 Å². The van der Waals surface area contributed by atoms with E-state index in [9.17, 15) is 14.4 Å². The molecule has 0 fully saturated rings. The maximum Gasteiger partial charge on any atom is 0.320 e. The van der Waals surface area contributed by atoms with Crippen molar-refractivity contribution in [2.75, 3.05) is 26.8 Å². The lowest BCUT2D eigenvalue weighted by Crippen LogP contribution is -2.23. The highest BCUT2D eigenvalue weighted by molar-refractivity contribution is 5.80. The number of rotatable bonds is 8. The number of nitrogens with one attached hydrogen (secondary N) is 1. The standard InChI is InChI=1S/C10H17NO5/c1-8(12)3-4-9(13)15-5-6-16-10(14)7-11-2/h11H,3-7H2,1-2H3. The van der Waals surface area contributed by atoms with Crippen LogP contribution >= 0.6 is 0 Å². The van der Waals surface area contributed by atoms with E-state index >= 15 is 0 Å². The Morgan fingerprint density at radius 3 is 2.06 bits per heavy atom. The fraction of sp³-hybridized carbons (Fsp3) is 0.700. The minimum Gasteiger partial charge on any atom is -0.462 e. The Bertz CT molecular complexity index is 252. The van der Waals surface area contributed by atoms with Crippen LogP contribution in [0.15, 0.2) is 0 Å². The topological polar surface area (TPSA) is 81.7 Å². The molecule has 0 bridgehead atoms. The van der Waals surface area contributed by atoms with E-state index < -0.39 is 11.9 Å².